The summed E-state index contributed by atoms with van der Waals surface area (Å²) in [6.07, 6.45) is 10.4. The lowest BCUT2D eigenvalue weighted by atomic mass is 9.98. The van der Waals surface area contributed by atoms with Crippen molar-refractivity contribution in [1.82, 2.24) is 29.6 Å². The molecule has 3 N–H and O–H groups in total. The van der Waals surface area contributed by atoms with E-state index in [0.29, 0.717) is 30.1 Å². The third kappa shape index (κ3) is 3.83. The van der Waals surface area contributed by atoms with E-state index < -0.39 is 0 Å². The van der Waals surface area contributed by atoms with Gasteiger partial charge in [0.05, 0.1) is 16.7 Å². The number of fused-ring (bicyclic) bond motifs is 4. The third-order valence-electron chi connectivity index (χ3n) is 7.42. The van der Waals surface area contributed by atoms with Gasteiger partial charge in [-0.15, -0.1) is 0 Å². The summed E-state index contributed by atoms with van der Waals surface area (Å²) in [6, 6.07) is 5.11. The molecule has 3 aromatic heterocycles. The summed E-state index contributed by atoms with van der Waals surface area (Å²) < 4.78 is 1.78. The highest BCUT2D eigenvalue weighted by Crippen LogP contribution is 2.40. The van der Waals surface area contributed by atoms with Crippen molar-refractivity contribution in [3.63, 3.8) is 0 Å². The number of carbonyl (C=O) groups excluding carboxylic acids is 1. The molecule has 5 heterocycles. The molecular formula is C25H29ClN8O. The first kappa shape index (κ1) is 22.3. The number of nitrogens with two attached hydrogens (primary N) is 1. The molecule has 6 rings (SSSR count). The number of benzene rings is 1. The number of aryl methyl sites for hydroxylation is 1. The van der Waals surface area contributed by atoms with E-state index in [9.17, 15) is 4.79 Å². The number of H-pyrrole nitrogens is 1. The summed E-state index contributed by atoms with van der Waals surface area (Å²) in [5, 5.41) is 6.05. The van der Waals surface area contributed by atoms with Gasteiger partial charge in [-0.2, -0.15) is 5.10 Å². The molecule has 4 aromatic rings. The van der Waals surface area contributed by atoms with Gasteiger partial charge >= 0.3 is 0 Å². The highest BCUT2D eigenvalue weighted by atomic mass is 35.5. The monoisotopic (exact) mass is 492 g/mol. The van der Waals surface area contributed by atoms with Crippen molar-refractivity contribution in [1.29, 1.82) is 0 Å². The zero-order valence-corrected chi connectivity index (χ0v) is 20.7. The smallest absolute Gasteiger partial charge is 0.223 e. The van der Waals surface area contributed by atoms with Crippen molar-refractivity contribution in [2.24, 2.45) is 5.73 Å². The van der Waals surface area contributed by atoms with E-state index in [1.54, 1.807) is 23.7 Å². The third-order valence-corrected chi connectivity index (χ3v) is 7.82. The van der Waals surface area contributed by atoms with Crippen molar-refractivity contribution in [2.75, 3.05) is 19.0 Å². The van der Waals surface area contributed by atoms with Gasteiger partial charge in [-0.05, 0) is 31.7 Å². The number of piperidine rings is 1. The number of anilines is 1. The molecule has 2 fully saturated rings. The summed E-state index contributed by atoms with van der Waals surface area (Å²) in [5.41, 5.74) is 10.4. The molecule has 1 amide bonds. The number of nitrogens with zero attached hydrogens (tertiary/aromatic N) is 6. The Morgan fingerprint density at radius 2 is 2.00 bits per heavy atom. The lowest BCUT2D eigenvalue weighted by Crippen LogP contribution is -2.47. The van der Waals surface area contributed by atoms with E-state index in [1.807, 2.05) is 30.7 Å². The largest absolute Gasteiger partial charge is 0.349 e. The maximum Gasteiger partial charge on any atom is 0.223 e. The Morgan fingerprint density at radius 3 is 2.74 bits per heavy atom. The van der Waals surface area contributed by atoms with Gasteiger partial charge in [0.25, 0.3) is 0 Å². The molecule has 0 saturated carbocycles. The van der Waals surface area contributed by atoms with Crippen molar-refractivity contribution < 1.29 is 4.79 Å². The molecule has 9 nitrogen and oxygen atoms in total. The van der Waals surface area contributed by atoms with E-state index in [2.05, 4.69) is 15.0 Å². The van der Waals surface area contributed by atoms with Gasteiger partial charge in [-0.1, -0.05) is 17.7 Å². The van der Waals surface area contributed by atoms with E-state index in [0.717, 1.165) is 51.9 Å². The maximum absolute atomic E-state index is 11.9. The Labute approximate surface area is 208 Å². The van der Waals surface area contributed by atoms with Gasteiger partial charge < -0.3 is 20.5 Å². The summed E-state index contributed by atoms with van der Waals surface area (Å²) in [7, 11) is 3.51. The topological polar surface area (TPSA) is 109 Å². The average Bonchev–Trinajstić information content (AvgIpc) is 3.51. The van der Waals surface area contributed by atoms with Crippen LogP contribution in [0.1, 0.15) is 32.1 Å². The molecule has 2 unspecified atom stereocenters. The van der Waals surface area contributed by atoms with Crippen molar-refractivity contribution in [2.45, 2.75) is 56.8 Å². The second-order valence-electron chi connectivity index (χ2n) is 9.94. The van der Waals surface area contributed by atoms with E-state index in [4.69, 9.17) is 27.3 Å². The number of aromatic amines is 1. The molecule has 2 atom stereocenters. The van der Waals surface area contributed by atoms with Crippen LogP contribution in [0.5, 0.6) is 0 Å². The number of nitrogens with one attached hydrogen (secondary N) is 1. The van der Waals surface area contributed by atoms with Crippen molar-refractivity contribution >= 4 is 45.4 Å². The van der Waals surface area contributed by atoms with E-state index in [-0.39, 0.29) is 11.9 Å². The minimum Gasteiger partial charge on any atom is -0.349 e. The molecule has 182 valence electrons. The van der Waals surface area contributed by atoms with Crippen LogP contribution in [0.25, 0.3) is 33.2 Å². The number of amides is 1. The second kappa shape index (κ2) is 8.49. The average molecular weight is 493 g/mol. The van der Waals surface area contributed by atoms with Crippen LogP contribution < -0.4 is 10.6 Å². The summed E-state index contributed by atoms with van der Waals surface area (Å²) in [6.45, 7) is 0.502. The molecule has 2 aliphatic heterocycles. The summed E-state index contributed by atoms with van der Waals surface area (Å²) in [4.78, 5) is 29.0. The van der Waals surface area contributed by atoms with Crippen LogP contribution in [0.4, 0.5) is 5.82 Å². The Kier molecular flexibility index (Phi) is 5.41. The zero-order valence-electron chi connectivity index (χ0n) is 19.9. The Hall–Kier alpha value is -3.17. The highest BCUT2D eigenvalue weighted by Gasteiger charge is 2.40. The van der Waals surface area contributed by atoms with Gasteiger partial charge in [0.1, 0.15) is 11.3 Å². The maximum atomic E-state index is 11.9. The molecule has 2 saturated heterocycles. The molecule has 2 aliphatic rings. The highest BCUT2D eigenvalue weighted by molar-refractivity contribution is 6.38. The molecule has 35 heavy (non-hydrogen) atoms. The van der Waals surface area contributed by atoms with Gasteiger partial charge in [0.15, 0.2) is 5.65 Å². The molecule has 10 heteroatoms. The Bertz CT molecular complexity index is 1410. The predicted molar refractivity (Wildman–Crippen MR) is 137 cm³/mol. The number of hydrogen-bond acceptors (Lipinski definition) is 6. The lowest BCUT2D eigenvalue weighted by Gasteiger charge is -2.38. The summed E-state index contributed by atoms with van der Waals surface area (Å²) >= 11 is 6.86. The van der Waals surface area contributed by atoms with Gasteiger partial charge in [-0.25, -0.2) is 9.97 Å². The first-order valence-corrected chi connectivity index (χ1v) is 12.5. The number of rotatable bonds is 5. The standard InChI is InChI=1S/C25H29ClN8O/c1-32(2)22(35)7-8-33-13-19-20(31-33)6-5-17(23(19)26)18-11-29-25-24(18)28-12-21(30-25)34-15-3-4-16(34)10-14(27)9-15/h5-6,11-16H,3-4,7-10,27H2,1-2H3,(H,29,30). The van der Waals surface area contributed by atoms with Crippen LogP contribution in [0.15, 0.2) is 30.7 Å². The number of hydrogen-bond donors (Lipinski definition) is 2. The molecule has 0 aliphatic carbocycles. The summed E-state index contributed by atoms with van der Waals surface area (Å²) in [5.74, 6) is 0.980. The van der Waals surface area contributed by atoms with Crippen LogP contribution in [-0.4, -0.2) is 67.8 Å². The molecule has 0 radical (unpaired) electrons. The number of carbonyl (C=O) groups is 1. The fourth-order valence-electron chi connectivity index (χ4n) is 5.67. The first-order valence-electron chi connectivity index (χ1n) is 12.1. The molecule has 1 aromatic carbocycles. The van der Waals surface area contributed by atoms with Crippen LogP contribution in [0, 0.1) is 0 Å². The van der Waals surface area contributed by atoms with E-state index in [1.165, 1.54) is 12.8 Å². The van der Waals surface area contributed by atoms with Gasteiger partial charge in [0, 0.05) is 74.1 Å². The van der Waals surface area contributed by atoms with E-state index >= 15 is 0 Å². The quantitative estimate of drug-likeness (QED) is 0.441. The number of halogens is 1. The first-order chi connectivity index (χ1) is 16.9. The fourth-order valence-corrected chi connectivity index (χ4v) is 5.99. The zero-order chi connectivity index (χ0) is 24.3. The normalized spacial score (nSPS) is 21.8. The molecule has 0 spiro atoms. The van der Waals surface area contributed by atoms with Crippen LogP contribution >= 0.6 is 11.6 Å². The fraction of sp³-hybridized carbons (Fsp3) is 0.440. The second-order valence-corrected chi connectivity index (χ2v) is 10.3. The van der Waals surface area contributed by atoms with Crippen molar-refractivity contribution in [3.05, 3.63) is 35.7 Å². The lowest BCUT2D eigenvalue weighted by molar-refractivity contribution is -0.128. The predicted octanol–water partition coefficient (Wildman–Crippen LogP) is 3.56. The SMILES string of the molecule is CN(C)C(=O)CCn1cc2c(Cl)c(-c3c[nH]c4nc(N5C6CCC5CC(N)C6)cnc34)ccc2n1. The van der Waals surface area contributed by atoms with Crippen LogP contribution in [0.2, 0.25) is 5.02 Å². The molecule has 2 bridgehead atoms. The Morgan fingerprint density at radius 1 is 1.23 bits per heavy atom. The van der Waals surface area contributed by atoms with Crippen LogP contribution in [-0.2, 0) is 11.3 Å². The van der Waals surface area contributed by atoms with Gasteiger partial charge in [-0.3, -0.25) is 9.48 Å². The van der Waals surface area contributed by atoms with Crippen LogP contribution in [0.3, 0.4) is 0 Å². The van der Waals surface area contributed by atoms with Crippen molar-refractivity contribution in [3.8, 4) is 11.1 Å². The van der Waals surface area contributed by atoms with Gasteiger partial charge in [0.2, 0.25) is 5.91 Å². The minimum atomic E-state index is 0.0634. The molecular weight excluding hydrogens is 464 g/mol. The minimum absolute atomic E-state index is 0.0634. The number of aromatic nitrogens is 5. The Balaban J connectivity index is 1.31.